The minimum absolute atomic E-state index is 0.249. The van der Waals surface area contributed by atoms with Crippen molar-refractivity contribution in [2.75, 3.05) is 13.7 Å². The number of aryl methyl sites for hydroxylation is 3. The van der Waals surface area contributed by atoms with E-state index < -0.39 is 5.91 Å². The molecule has 0 aliphatic heterocycles. The van der Waals surface area contributed by atoms with Gasteiger partial charge in [-0.2, -0.15) is 0 Å². The first kappa shape index (κ1) is 20.3. The van der Waals surface area contributed by atoms with Gasteiger partial charge in [-0.3, -0.25) is 20.4 Å². The van der Waals surface area contributed by atoms with Crippen LogP contribution in [0.1, 0.15) is 40.4 Å². The van der Waals surface area contributed by atoms with Gasteiger partial charge in [0.15, 0.2) is 11.5 Å². The number of nitrogens with one attached hydrogen (secondary N) is 2. The van der Waals surface area contributed by atoms with Crippen molar-refractivity contribution < 1.29 is 19.1 Å². The highest BCUT2D eigenvalue weighted by Gasteiger charge is 2.12. The number of amides is 2. The third kappa shape index (κ3) is 5.74. The van der Waals surface area contributed by atoms with Crippen molar-refractivity contribution in [3.05, 3.63) is 58.7 Å². The summed E-state index contributed by atoms with van der Waals surface area (Å²) in [5.41, 5.74) is 8.72. The zero-order chi connectivity index (χ0) is 19.8. The minimum atomic E-state index is -0.420. The lowest BCUT2D eigenvalue weighted by molar-refractivity contribution is -0.121. The van der Waals surface area contributed by atoms with Crippen LogP contribution in [-0.2, 0) is 11.2 Å². The number of carbonyl (C=O) groups excluding carboxylic acids is 2. The molecule has 2 aromatic rings. The summed E-state index contributed by atoms with van der Waals surface area (Å²) in [6.07, 6.45) is 0.904. The molecule has 0 aromatic heterocycles. The molecule has 0 aliphatic rings. The smallest absolute Gasteiger partial charge is 0.269 e. The molecule has 0 spiro atoms. The number of benzene rings is 2. The molecular weight excluding hydrogens is 344 g/mol. The monoisotopic (exact) mass is 370 g/mol. The maximum atomic E-state index is 12.2. The summed E-state index contributed by atoms with van der Waals surface area (Å²) in [6.45, 7) is 6.43. The van der Waals surface area contributed by atoms with Gasteiger partial charge < -0.3 is 9.47 Å². The lowest BCUT2D eigenvalue weighted by Gasteiger charge is -2.12. The van der Waals surface area contributed by atoms with E-state index in [9.17, 15) is 9.59 Å². The number of carbonyl (C=O) groups is 2. The second-order valence-electron chi connectivity index (χ2n) is 6.23. The van der Waals surface area contributed by atoms with Crippen molar-refractivity contribution in [1.29, 1.82) is 0 Å². The van der Waals surface area contributed by atoms with E-state index in [1.165, 1.54) is 12.7 Å². The first-order valence-corrected chi connectivity index (χ1v) is 8.90. The summed E-state index contributed by atoms with van der Waals surface area (Å²) in [5.74, 6) is 0.358. The summed E-state index contributed by atoms with van der Waals surface area (Å²) in [4.78, 5) is 24.3. The molecule has 0 fully saturated rings. The van der Waals surface area contributed by atoms with Gasteiger partial charge in [0, 0.05) is 12.0 Å². The van der Waals surface area contributed by atoms with Crippen LogP contribution in [0.2, 0.25) is 0 Å². The molecule has 0 saturated carbocycles. The summed E-state index contributed by atoms with van der Waals surface area (Å²) in [5, 5.41) is 0. The van der Waals surface area contributed by atoms with Gasteiger partial charge in [0.25, 0.3) is 5.91 Å². The van der Waals surface area contributed by atoms with Crippen molar-refractivity contribution in [1.82, 2.24) is 10.9 Å². The van der Waals surface area contributed by atoms with Crippen LogP contribution in [0.3, 0.4) is 0 Å². The van der Waals surface area contributed by atoms with E-state index in [1.54, 1.807) is 18.2 Å². The van der Waals surface area contributed by atoms with Crippen LogP contribution < -0.4 is 20.3 Å². The predicted octanol–water partition coefficient (Wildman–Crippen LogP) is 3.10. The van der Waals surface area contributed by atoms with Crippen LogP contribution in [0.25, 0.3) is 0 Å². The molecule has 2 N–H and O–H groups in total. The van der Waals surface area contributed by atoms with Gasteiger partial charge in [0.05, 0.1) is 13.7 Å². The molecule has 0 radical (unpaired) electrons. The summed E-state index contributed by atoms with van der Waals surface area (Å²) >= 11 is 0. The Morgan fingerprint density at radius 3 is 2.44 bits per heavy atom. The SMILES string of the molecule is CCOc1ccc(C(=O)NNC(=O)CCc2ccc(C)cc2C)cc1OC. The fraction of sp³-hybridized carbons (Fsp3) is 0.333. The van der Waals surface area contributed by atoms with E-state index in [1.807, 2.05) is 32.9 Å². The van der Waals surface area contributed by atoms with Crippen LogP contribution in [0.15, 0.2) is 36.4 Å². The number of hydrogen-bond acceptors (Lipinski definition) is 4. The van der Waals surface area contributed by atoms with Crippen LogP contribution in [0, 0.1) is 13.8 Å². The van der Waals surface area contributed by atoms with E-state index in [-0.39, 0.29) is 12.3 Å². The highest BCUT2D eigenvalue weighted by Crippen LogP contribution is 2.27. The standard InChI is InChI=1S/C21H26N2O4/c1-5-27-18-10-8-17(13-19(18)26-4)21(25)23-22-20(24)11-9-16-7-6-14(2)12-15(16)3/h6-8,10,12-13H,5,9,11H2,1-4H3,(H,22,24)(H,23,25). The van der Waals surface area contributed by atoms with Gasteiger partial charge in [-0.15, -0.1) is 0 Å². The van der Waals surface area contributed by atoms with E-state index in [4.69, 9.17) is 9.47 Å². The third-order valence-corrected chi connectivity index (χ3v) is 4.16. The molecule has 6 heteroatoms. The number of hydrogen-bond donors (Lipinski definition) is 2. The Bertz CT molecular complexity index is 818. The van der Waals surface area contributed by atoms with Gasteiger partial charge in [0.1, 0.15) is 0 Å². The normalized spacial score (nSPS) is 10.2. The van der Waals surface area contributed by atoms with E-state index >= 15 is 0 Å². The Hall–Kier alpha value is -3.02. The average Bonchev–Trinajstić information content (AvgIpc) is 2.66. The van der Waals surface area contributed by atoms with Gasteiger partial charge in [-0.05, 0) is 56.5 Å². The molecule has 0 unspecified atom stereocenters. The summed E-state index contributed by atoms with van der Waals surface area (Å²) < 4.78 is 10.7. The minimum Gasteiger partial charge on any atom is -0.493 e. The maximum Gasteiger partial charge on any atom is 0.269 e. The van der Waals surface area contributed by atoms with Crippen LogP contribution in [0.5, 0.6) is 11.5 Å². The molecule has 2 amide bonds. The van der Waals surface area contributed by atoms with Crippen molar-refractivity contribution >= 4 is 11.8 Å². The Labute approximate surface area is 159 Å². The highest BCUT2D eigenvalue weighted by atomic mass is 16.5. The van der Waals surface area contributed by atoms with E-state index in [0.29, 0.717) is 30.1 Å². The maximum absolute atomic E-state index is 12.2. The predicted molar refractivity (Wildman–Crippen MR) is 104 cm³/mol. The topological polar surface area (TPSA) is 76.7 Å². The first-order chi connectivity index (χ1) is 12.9. The fourth-order valence-electron chi connectivity index (χ4n) is 2.72. The summed E-state index contributed by atoms with van der Waals surface area (Å²) in [7, 11) is 1.51. The second kappa shape index (κ2) is 9.62. The number of methoxy groups -OCH3 is 1. The first-order valence-electron chi connectivity index (χ1n) is 8.90. The van der Waals surface area contributed by atoms with Gasteiger partial charge in [-0.25, -0.2) is 0 Å². The van der Waals surface area contributed by atoms with Gasteiger partial charge in [0.2, 0.25) is 5.91 Å². The third-order valence-electron chi connectivity index (χ3n) is 4.16. The van der Waals surface area contributed by atoms with Crippen LogP contribution >= 0.6 is 0 Å². The molecule has 2 rings (SSSR count). The zero-order valence-electron chi connectivity index (χ0n) is 16.2. The lowest BCUT2D eigenvalue weighted by atomic mass is 10.0. The average molecular weight is 370 g/mol. The van der Waals surface area contributed by atoms with Crippen molar-refractivity contribution in [3.63, 3.8) is 0 Å². The quantitative estimate of drug-likeness (QED) is 0.734. The molecular formula is C21H26N2O4. The molecule has 0 atom stereocenters. The van der Waals surface area contributed by atoms with Crippen molar-refractivity contribution in [2.24, 2.45) is 0 Å². The van der Waals surface area contributed by atoms with Gasteiger partial charge in [-0.1, -0.05) is 23.8 Å². The molecule has 0 heterocycles. The largest absolute Gasteiger partial charge is 0.493 e. The molecule has 0 bridgehead atoms. The Kier molecular flexibility index (Phi) is 7.23. The number of rotatable bonds is 7. The van der Waals surface area contributed by atoms with Crippen molar-refractivity contribution in [3.8, 4) is 11.5 Å². The number of ether oxygens (including phenoxy) is 2. The fourth-order valence-corrected chi connectivity index (χ4v) is 2.72. The van der Waals surface area contributed by atoms with Gasteiger partial charge >= 0.3 is 0 Å². The lowest BCUT2D eigenvalue weighted by Crippen LogP contribution is -2.41. The van der Waals surface area contributed by atoms with Crippen molar-refractivity contribution in [2.45, 2.75) is 33.6 Å². The molecule has 6 nitrogen and oxygen atoms in total. The van der Waals surface area contributed by atoms with E-state index in [2.05, 4.69) is 16.9 Å². The van der Waals surface area contributed by atoms with Crippen LogP contribution in [0.4, 0.5) is 0 Å². The summed E-state index contributed by atoms with van der Waals surface area (Å²) in [6, 6.07) is 11.0. The number of hydrazine groups is 1. The molecule has 0 aliphatic carbocycles. The Morgan fingerprint density at radius 2 is 1.78 bits per heavy atom. The Morgan fingerprint density at radius 1 is 1.00 bits per heavy atom. The molecule has 27 heavy (non-hydrogen) atoms. The zero-order valence-corrected chi connectivity index (χ0v) is 16.2. The second-order valence-corrected chi connectivity index (χ2v) is 6.23. The molecule has 144 valence electrons. The van der Waals surface area contributed by atoms with E-state index in [0.717, 1.165) is 11.1 Å². The highest BCUT2D eigenvalue weighted by molar-refractivity contribution is 5.96. The Balaban J connectivity index is 1.88. The molecule has 2 aromatic carbocycles. The molecule has 0 saturated heterocycles. The van der Waals surface area contributed by atoms with Crippen LogP contribution in [-0.4, -0.2) is 25.5 Å².